The molecule has 0 unspecified atom stereocenters. The van der Waals surface area contributed by atoms with Gasteiger partial charge in [0, 0.05) is 31.6 Å². The van der Waals surface area contributed by atoms with Crippen molar-refractivity contribution in [3.8, 4) is 0 Å². The molecule has 0 aromatic heterocycles. The van der Waals surface area contributed by atoms with E-state index in [-0.39, 0.29) is 11.5 Å². The highest BCUT2D eigenvalue weighted by molar-refractivity contribution is 5.96. The van der Waals surface area contributed by atoms with Gasteiger partial charge < -0.3 is 5.73 Å². The molecule has 1 heterocycles. The first-order chi connectivity index (χ1) is 10.6. The van der Waals surface area contributed by atoms with Gasteiger partial charge in [-0.3, -0.25) is 9.69 Å². The first kappa shape index (κ1) is 14.7. The third-order valence-corrected chi connectivity index (χ3v) is 4.18. The Labute approximate surface area is 129 Å². The van der Waals surface area contributed by atoms with E-state index in [1.807, 2.05) is 0 Å². The lowest BCUT2D eigenvalue weighted by Gasteiger charge is -2.28. The van der Waals surface area contributed by atoms with Crippen LogP contribution in [-0.2, 0) is 13.0 Å². The van der Waals surface area contributed by atoms with Gasteiger partial charge in [0.1, 0.15) is 5.82 Å². The second-order valence-electron chi connectivity index (χ2n) is 5.70. The van der Waals surface area contributed by atoms with Gasteiger partial charge in [0.25, 0.3) is 0 Å². The molecule has 0 aliphatic carbocycles. The number of halogens is 1. The van der Waals surface area contributed by atoms with E-state index in [0.29, 0.717) is 18.5 Å². The molecule has 22 heavy (non-hydrogen) atoms. The third-order valence-electron chi connectivity index (χ3n) is 4.18. The number of rotatable bonds is 4. The van der Waals surface area contributed by atoms with Crippen molar-refractivity contribution in [2.24, 2.45) is 0 Å². The number of nitrogens with zero attached hydrogens (tertiary/aromatic N) is 1. The summed E-state index contributed by atoms with van der Waals surface area (Å²) < 4.78 is 13.1. The van der Waals surface area contributed by atoms with Crippen molar-refractivity contribution in [2.45, 2.75) is 19.4 Å². The fourth-order valence-electron chi connectivity index (χ4n) is 2.87. The average molecular weight is 298 g/mol. The summed E-state index contributed by atoms with van der Waals surface area (Å²) in [5.41, 5.74) is 8.76. The monoisotopic (exact) mass is 298 g/mol. The SMILES string of the molecule is Nc1cc(C(=O)CCN2CCc3ccccc3C2)ccc1F. The maximum absolute atomic E-state index is 13.1. The number of ketones is 1. The minimum absolute atomic E-state index is 0.00515. The molecule has 0 bridgehead atoms. The summed E-state index contributed by atoms with van der Waals surface area (Å²) in [5.74, 6) is -0.477. The molecule has 2 aromatic rings. The zero-order chi connectivity index (χ0) is 15.5. The fourth-order valence-corrected chi connectivity index (χ4v) is 2.87. The quantitative estimate of drug-likeness (QED) is 0.697. The predicted octanol–water partition coefficient (Wildman–Crippen LogP) is 3.04. The maximum atomic E-state index is 13.1. The van der Waals surface area contributed by atoms with Gasteiger partial charge in [0.05, 0.1) is 5.69 Å². The molecule has 0 atom stereocenters. The highest BCUT2D eigenvalue weighted by atomic mass is 19.1. The summed E-state index contributed by atoms with van der Waals surface area (Å²) in [4.78, 5) is 14.5. The van der Waals surface area contributed by atoms with E-state index in [1.165, 1.54) is 29.3 Å². The van der Waals surface area contributed by atoms with Crippen LogP contribution in [0.5, 0.6) is 0 Å². The molecule has 2 N–H and O–H groups in total. The number of nitrogens with two attached hydrogens (primary N) is 1. The van der Waals surface area contributed by atoms with Crippen LogP contribution in [0.3, 0.4) is 0 Å². The van der Waals surface area contributed by atoms with E-state index in [4.69, 9.17) is 5.73 Å². The van der Waals surface area contributed by atoms with E-state index >= 15 is 0 Å². The smallest absolute Gasteiger partial charge is 0.164 e. The van der Waals surface area contributed by atoms with Gasteiger partial charge in [0.15, 0.2) is 5.78 Å². The Kier molecular flexibility index (Phi) is 4.20. The lowest BCUT2D eigenvalue weighted by molar-refractivity contribution is 0.0960. The number of Topliss-reactive ketones (excluding diaryl/α,β-unsaturated/α-hetero) is 1. The highest BCUT2D eigenvalue weighted by Gasteiger charge is 2.17. The average Bonchev–Trinajstić information content (AvgIpc) is 2.55. The van der Waals surface area contributed by atoms with Gasteiger partial charge in [-0.1, -0.05) is 24.3 Å². The van der Waals surface area contributed by atoms with E-state index in [0.717, 1.165) is 19.5 Å². The van der Waals surface area contributed by atoms with Gasteiger partial charge in [0.2, 0.25) is 0 Å². The second-order valence-corrected chi connectivity index (χ2v) is 5.70. The van der Waals surface area contributed by atoms with Gasteiger partial charge in [-0.05, 0) is 35.7 Å². The lowest BCUT2D eigenvalue weighted by Crippen LogP contribution is -2.32. The van der Waals surface area contributed by atoms with Crippen LogP contribution in [0.4, 0.5) is 10.1 Å². The van der Waals surface area contributed by atoms with Crippen LogP contribution >= 0.6 is 0 Å². The second kappa shape index (κ2) is 6.28. The van der Waals surface area contributed by atoms with Crippen LogP contribution in [0.1, 0.15) is 27.9 Å². The Morgan fingerprint density at radius 3 is 2.73 bits per heavy atom. The zero-order valence-corrected chi connectivity index (χ0v) is 12.4. The van der Waals surface area contributed by atoms with Gasteiger partial charge in [-0.15, -0.1) is 0 Å². The summed E-state index contributed by atoms with van der Waals surface area (Å²) in [7, 11) is 0. The molecule has 4 heteroatoms. The number of carbonyl (C=O) groups is 1. The van der Waals surface area contributed by atoms with Crippen molar-refractivity contribution in [2.75, 3.05) is 18.8 Å². The number of fused-ring (bicyclic) bond motifs is 1. The Bertz CT molecular complexity index is 699. The lowest BCUT2D eigenvalue weighted by atomic mass is 9.99. The topological polar surface area (TPSA) is 46.3 Å². The molecule has 3 rings (SSSR count). The number of benzene rings is 2. The van der Waals surface area contributed by atoms with Crippen molar-refractivity contribution in [1.82, 2.24) is 4.90 Å². The summed E-state index contributed by atoms with van der Waals surface area (Å²) >= 11 is 0. The van der Waals surface area contributed by atoms with Gasteiger partial charge in [-0.2, -0.15) is 0 Å². The van der Waals surface area contributed by atoms with Crippen LogP contribution in [0.15, 0.2) is 42.5 Å². The van der Waals surface area contributed by atoms with Crippen molar-refractivity contribution >= 4 is 11.5 Å². The molecule has 1 aliphatic rings. The fraction of sp³-hybridized carbons (Fsp3) is 0.278. The molecule has 0 fully saturated rings. The molecule has 3 nitrogen and oxygen atoms in total. The third kappa shape index (κ3) is 3.17. The van der Waals surface area contributed by atoms with Crippen LogP contribution in [0.2, 0.25) is 0 Å². The molecule has 1 aliphatic heterocycles. The van der Waals surface area contributed by atoms with Gasteiger partial charge in [-0.25, -0.2) is 4.39 Å². The largest absolute Gasteiger partial charge is 0.396 e. The number of nitrogen functional groups attached to an aromatic ring is 1. The van der Waals surface area contributed by atoms with Crippen LogP contribution in [0, 0.1) is 5.82 Å². The van der Waals surface area contributed by atoms with E-state index in [1.54, 1.807) is 0 Å². The van der Waals surface area contributed by atoms with Crippen molar-refractivity contribution in [3.05, 3.63) is 65.0 Å². The Morgan fingerprint density at radius 2 is 1.95 bits per heavy atom. The number of carbonyl (C=O) groups excluding carboxylic acids is 1. The molecule has 0 radical (unpaired) electrons. The summed E-state index contributed by atoms with van der Waals surface area (Å²) in [5, 5.41) is 0. The van der Waals surface area contributed by atoms with Crippen LogP contribution in [0.25, 0.3) is 0 Å². The summed E-state index contributed by atoms with van der Waals surface area (Å²) in [6, 6.07) is 12.6. The van der Waals surface area contributed by atoms with E-state index in [2.05, 4.69) is 29.2 Å². The Balaban J connectivity index is 1.59. The standard InChI is InChI=1S/C18H19FN2O/c19-16-6-5-14(11-17(16)20)18(22)8-10-21-9-7-13-3-1-2-4-15(13)12-21/h1-6,11H,7-10,12,20H2. The van der Waals surface area contributed by atoms with Crippen molar-refractivity contribution in [3.63, 3.8) is 0 Å². The van der Waals surface area contributed by atoms with Crippen LogP contribution in [-0.4, -0.2) is 23.8 Å². The maximum Gasteiger partial charge on any atom is 0.164 e. The molecule has 0 saturated heterocycles. The Morgan fingerprint density at radius 1 is 1.18 bits per heavy atom. The molecule has 114 valence electrons. The Hall–Kier alpha value is -2.20. The molecule has 0 saturated carbocycles. The molecule has 2 aromatic carbocycles. The number of hydrogen-bond acceptors (Lipinski definition) is 3. The molecule has 0 amide bonds. The number of anilines is 1. The highest BCUT2D eigenvalue weighted by Crippen LogP contribution is 2.19. The first-order valence-corrected chi connectivity index (χ1v) is 7.51. The minimum Gasteiger partial charge on any atom is -0.396 e. The predicted molar refractivity (Wildman–Crippen MR) is 85.2 cm³/mol. The minimum atomic E-state index is -0.482. The van der Waals surface area contributed by atoms with Gasteiger partial charge >= 0.3 is 0 Å². The van der Waals surface area contributed by atoms with Crippen LogP contribution < -0.4 is 5.73 Å². The van der Waals surface area contributed by atoms with Crippen molar-refractivity contribution < 1.29 is 9.18 Å². The zero-order valence-electron chi connectivity index (χ0n) is 12.4. The van der Waals surface area contributed by atoms with E-state index in [9.17, 15) is 9.18 Å². The first-order valence-electron chi connectivity index (χ1n) is 7.51. The van der Waals surface area contributed by atoms with Crippen molar-refractivity contribution in [1.29, 1.82) is 0 Å². The molecule has 0 spiro atoms. The van der Waals surface area contributed by atoms with E-state index < -0.39 is 5.82 Å². The normalized spacial score (nSPS) is 14.6. The molecular weight excluding hydrogens is 279 g/mol. The number of hydrogen-bond donors (Lipinski definition) is 1. The summed E-state index contributed by atoms with van der Waals surface area (Å²) in [6.45, 7) is 2.56. The summed E-state index contributed by atoms with van der Waals surface area (Å²) in [6.07, 6.45) is 1.45. The molecular formula is C18H19FN2O.